The number of hydrogen-bond donors (Lipinski definition) is 1. The van der Waals surface area contributed by atoms with Gasteiger partial charge >= 0.3 is 0 Å². The summed E-state index contributed by atoms with van der Waals surface area (Å²) in [5.74, 6) is 0.125. The lowest BCUT2D eigenvalue weighted by atomic mass is 9.92. The van der Waals surface area contributed by atoms with Crippen molar-refractivity contribution < 1.29 is 9.59 Å². The van der Waals surface area contributed by atoms with Crippen molar-refractivity contribution in [3.8, 4) is 5.69 Å². The van der Waals surface area contributed by atoms with Crippen molar-refractivity contribution in [2.45, 2.75) is 47.0 Å². The second kappa shape index (κ2) is 10.8. The van der Waals surface area contributed by atoms with Crippen LogP contribution in [0.1, 0.15) is 56.2 Å². The average Bonchev–Trinajstić information content (AvgIpc) is 3.18. The Morgan fingerprint density at radius 3 is 2.37 bits per heavy atom. The fourth-order valence-corrected chi connectivity index (χ4v) is 3.92. The summed E-state index contributed by atoms with van der Waals surface area (Å²) in [6.07, 6.45) is 0. The SMILES string of the molecule is Cc1cccc(-n2nc(C(C)(C)C)cc2NC(=O)CN(CC(C)C)C(=O)c2ccc(Cl)c(Cl)c2)c1. The maximum Gasteiger partial charge on any atom is 0.254 e. The molecule has 0 aliphatic heterocycles. The lowest BCUT2D eigenvalue weighted by Crippen LogP contribution is -2.40. The Morgan fingerprint density at radius 2 is 1.77 bits per heavy atom. The second-order valence-corrected chi connectivity index (χ2v) is 11.0. The molecule has 0 radical (unpaired) electrons. The van der Waals surface area contributed by atoms with Crippen LogP contribution in [-0.2, 0) is 10.2 Å². The van der Waals surface area contributed by atoms with E-state index in [-0.39, 0.29) is 29.7 Å². The maximum atomic E-state index is 13.2. The summed E-state index contributed by atoms with van der Waals surface area (Å²) >= 11 is 12.1. The standard InChI is InChI=1S/C27H32Cl2N4O2/c1-17(2)15-32(26(35)19-10-11-21(28)22(29)13-19)16-25(34)30-24-14-23(27(4,5)6)31-33(24)20-9-7-8-18(3)12-20/h7-14,17H,15-16H2,1-6H3,(H,30,34). The van der Waals surface area contributed by atoms with Crippen LogP contribution in [0.5, 0.6) is 0 Å². The molecule has 0 saturated heterocycles. The number of carbonyl (C=O) groups is 2. The van der Waals surface area contributed by atoms with Crippen LogP contribution in [0.25, 0.3) is 5.69 Å². The van der Waals surface area contributed by atoms with E-state index in [1.807, 2.05) is 51.1 Å². The summed E-state index contributed by atoms with van der Waals surface area (Å²) in [6, 6.07) is 14.5. The molecule has 2 amide bonds. The van der Waals surface area contributed by atoms with Gasteiger partial charge in [-0.3, -0.25) is 9.59 Å². The van der Waals surface area contributed by atoms with Gasteiger partial charge in [0.2, 0.25) is 5.91 Å². The molecule has 1 heterocycles. The quantitative estimate of drug-likeness (QED) is 0.390. The minimum Gasteiger partial charge on any atom is -0.329 e. The first-order chi connectivity index (χ1) is 16.3. The van der Waals surface area contributed by atoms with E-state index in [1.165, 1.54) is 11.0 Å². The first-order valence-electron chi connectivity index (χ1n) is 11.6. The highest BCUT2D eigenvalue weighted by molar-refractivity contribution is 6.42. The van der Waals surface area contributed by atoms with Gasteiger partial charge in [0, 0.05) is 23.6 Å². The highest BCUT2D eigenvalue weighted by Crippen LogP contribution is 2.27. The van der Waals surface area contributed by atoms with Gasteiger partial charge in [0.15, 0.2) is 0 Å². The van der Waals surface area contributed by atoms with Gasteiger partial charge in [-0.05, 0) is 48.7 Å². The number of amides is 2. The second-order valence-electron chi connectivity index (χ2n) is 10.2. The van der Waals surface area contributed by atoms with Crippen LogP contribution in [-0.4, -0.2) is 39.6 Å². The number of anilines is 1. The highest BCUT2D eigenvalue weighted by atomic mass is 35.5. The van der Waals surface area contributed by atoms with Crippen LogP contribution in [0.3, 0.4) is 0 Å². The number of nitrogens with one attached hydrogen (secondary N) is 1. The van der Waals surface area contributed by atoms with Crippen molar-refractivity contribution >= 4 is 40.8 Å². The number of halogens is 2. The highest BCUT2D eigenvalue weighted by Gasteiger charge is 2.24. The van der Waals surface area contributed by atoms with Crippen LogP contribution < -0.4 is 5.32 Å². The van der Waals surface area contributed by atoms with Crippen molar-refractivity contribution in [1.82, 2.24) is 14.7 Å². The summed E-state index contributed by atoms with van der Waals surface area (Å²) in [7, 11) is 0. The minimum absolute atomic E-state index is 0.110. The predicted octanol–water partition coefficient (Wildman–Crippen LogP) is 6.52. The van der Waals surface area contributed by atoms with Gasteiger partial charge in [-0.1, -0.05) is 70.0 Å². The van der Waals surface area contributed by atoms with Crippen LogP contribution in [0.2, 0.25) is 10.0 Å². The number of carbonyl (C=O) groups excluding carboxylic acids is 2. The first-order valence-corrected chi connectivity index (χ1v) is 12.3. The van der Waals surface area contributed by atoms with Gasteiger partial charge < -0.3 is 10.2 Å². The molecule has 3 rings (SSSR count). The zero-order valence-electron chi connectivity index (χ0n) is 21.0. The molecule has 6 nitrogen and oxygen atoms in total. The number of benzene rings is 2. The Labute approximate surface area is 217 Å². The van der Waals surface area contributed by atoms with Crippen LogP contribution in [0, 0.1) is 12.8 Å². The predicted molar refractivity (Wildman–Crippen MR) is 143 cm³/mol. The summed E-state index contributed by atoms with van der Waals surface area (Å²) in [5.41, 5.74) is 2.96. The molecule has 0 fully saturated rings. The van der Waals surface area contributed by atoms with Crippen molar-refractivity contribution in [3.63, 3.8) is 0 Å². The first kappa shape index (κ1) is 26.8. The summed E-state index contributed by atoms with van der Waals surface area (Å²) in [5, 5.41) is 8.41. The Bertz CT molecular complexity index is 1230. The third-order valence-electron chi connectivity index (χ3n) is 5.37. The van der Waals surface area contributed by atoms with Gasteiger partial charge in [0.25, 0.3) is 5.91 Å². The maximum absolute atomic E-state index is 13.2. The van der Waals surface area contributed by atoms with E-state index in [2.05, 4.69) is 26.1 Å². The summed E-state index contributed by atoms with van der Waals surface area (Å²) < 4.78 is 1.74. The molecule has 0 spiro atoms. The van der Waals surface area contributed by atoms with Crippen molar-refractivity contribution in [2.75, 3.05) is 18.4 Å². The average molecular weight is 515 g/mol. The Hall–Kier alpha value is -2.83. The van der Waals surface area contributed by atoms with E-state index in [9.17, 15) is 9.59 Å². The van der Waals surface area contributed by atoms with E-state index in [0.29, 0.717) is 28.0 Å². The molecule has 0 saturated carbocycles. The molecule has 0 unspecified atom stereocenters. The monoisotopic (exact) mass is 514 g/mol. The normalized spacial score (nSPS) is 11.6. The molecular formula is C27H32Cl2N4O2. The van der Waals surface area contributed by atoms with Gasteiger partial charge in [0.05, 0.1) is 21.4 Å². The fourth-order valence-electron chi connectivity index (χ4n) is 3.62. The Kier molecular flexibility index (Phi) is 8.29. The molecule has 2 aromatic carbocycles. The van der Waals surface area contributed by atoms with E-state index < -0.39 is 0 Å². The van der Waals surface area contributed by atoms with E-state index in [0.717, 1.165) is 16.9 Å². The minimum atomic E-state index is -0.312. The summed E-state index contributed by atoms with van der Waals surface area (Å²) in [4.78, 5) is 27.9. The van der Waals surface area contributed by atoms with Crippen molar-refractivity contribution in [3.05, 3.63) is 75.4 Å². The largest absolute Gasteiger partial charge is 0.329 e. The molecule has 0 bridgehead atoms. The number of aryl methyl sites for hydroxylation is 1. The molecule has 3 aromatic rings. The third-order valence-corrected chi connectivity index (χ3v) is 6.10. The molecule has 0 aliphatic carbocycles. The summed E-state index contributed by atoms with van der Waals surface area (Å²) in [6.45, 7) is 12.5. The van der Waals surface area contributed by atoms with Gasteiger partial charge in [0.1, 0.15) is 12.4 Å². The van der Waals surface area contributed by atoms with E-state index in [1.54, 1.807) is 16.8 Å². The molecule has 0 atom stereocenters. The van der Waals surface area contributed by atoms with E-state index in [4.69, 9.17) is 28.3 Å². The van der Waals surface area contributed by atoms with Gasteiger partial charge in [-0.2, -0.15) is 5.10 Å². The number of hydrogen-bond acceptors (Lipinski definition) is 3. The lowest BCUT2D eigenvalue weighted by Gasteiger charge is -2.24. The lowest BCUT2D eigenvalue weighted by molar-refractivity contribution is -0.117. The zero-order chi connectivity index (χ0) is 25.9. The van der Waals surface area contributed by atoms with Crippen LogP contribution >= 0.6 is 23.2 Å². The topological polar surface area (TPSA) is 67.2 Å². The molecule has 1 aromatic heterocycles. The zero-order valence-corrected chi connectivity index (χ0v) is 22.5. The molecule has 35 heavy (non-hydrogen) atoms. The van der Waals surface area contributed by atoms with Gasteiger partial charge in [-0.25, -0.2) is 4.68 Å². The van der Waals surface area contributed by atoms with Crippen molar-refractivity contribution in [1.29, 1.82) is 0 Å². The van der Waals surface area contributed by atoms with E-state index >= 15 is 0 Å². The molecule has 8 heteroatoms. The molecular weight excluding hydrogens is 483 g/mol. The van der Waals surface area contributed by atoms with Crippen LogP contribution in [0.4, 0.5) is 5.82 Å². The number of rotatable bonds is 7. The molecule has 0 aliphatic rings. The van der Waals surface area contributed by atoms with Crippen LogP contribution in [0.15, 0.2) is 48.5 Å². The number of nitrogens with zero attached hydrogens (tertiary/aromatic N) is 3. The number of aromatic nitrogens is 2. The van der Waals surface area contributed by atoms with Crippen molar-refractivity contribution in [2.24, 2.45) is 5.92 Å². The molecule has 186 valence electrons. The Balaban J connectivity index is 1.88. The van der Waals surface area contributed by atoms with Gasteiger partial charge in [-0.15, -0.1) is 0 Å². The third kappa shape index (κ3) is 6.86. The Morgan fingerprint density at radius 1 is 1.06 bits per heavy atom. The smallest absolute Gasteiger partial charge is 0.254 e. The molecule has 1 N–H and O–H groups in total. The fraction of sp³-hybridized carbons (Fsp3) is 0.370.